The third kappa shape index (κ3) is 4.02. The Hall–Kier alpha value is -2.94. The Morgan fingerprint density at radius 3 is 2.73 bits per heavy atom. The molecule has 4 rings (SSSR count). The summed E-state index contributed by atoms with van der Waals surface area (Å²) in [7, 11) is 0. The number of halogens is 1. The monoisotopic (exact) mass is 437 g/mol. The maximum absolute atomic E-state index is 12.6. The molecule has 1 atom stereocenters. The zero-order valence-corrected chi connectivity index (χ0v) is 18.0. The Balaban J connectivity index is 1.73. The molecule has 6 heteroatoms. The third-order valence-electron chi connectivity index (χ3n) is 4.93. The van der Waals surface area contributed by atoms with Gasteiger partial charge in [-0.05, 0) is 42.3 Å². The summed E-state index contributed by atoms with van der Waals surface area (Å²) >= 11 is 7.67. The molecular formula is C24H20ClNO3S. The third-order valence-corrected chi connectivity index (χ3v) is 6.27. The number of fused-ring (bicyclic) bond motifs is 1. The van der Waals surface area contributed by atoms with Crippen LogP contribution in [0.15, 0.2) is 47.8 Å². The molecule has 4 nitrogen and oxygen atoms in total. The van der Waals surface area contributed by atoms with Gasteiger partial charge in [-0.15, -0.1) is 17.8 Å². The van der Waals surface area contributed by atoms with Crippen LogP contribution in [-0.4, -0.2) is 19.1 Å². The summed E-state index contributed by atoms with van der Waals surface area (Å²) in [6.07, 6.45) is 5.69. The number of hydrogen-bond donors (Lipinski definition) is 1. The van der Waals surface area contributed by atoms with Crippen molar-refractivity contribution in [3.63, 3.8) is 0 Å². The molecule has 1 N–H and O–H groups in total. The second-order valence-corrected chi connectivity index (χ2v) is 8.18. The average Bonchev–Trinajstić information content (AvgIpc) is 3.16. The van der Waals surface area contributed by atoms with E-state index in [0.29, 0.717) is 29.5 Å². The van der Waals surface area contributed by atoms with Crippen LogP contribution >= 0.6 is 22.9 Å². The number of thiophene rings is 1. The molecule has 0 saturated carbocycles. The van der Waals surface area contributed by atoms with Gasteiger partial charge in [-0.25, -0.2) is 0 Å². The summed E-state index contributed by atoms with van der Waals surface area (Å²) in [6.45, 7) is 2.60. The topological polar surface area (TPSA) is 47.6 Å². The summed E-state index contributed by atoms with van der Waals surface area (Å²) in [5, 5.41) is 5.83. The maximum Gasteiger partial charge on any atom is 0.225 e. The van der Waals surface area contributed by atoms with E-state index < -0.39 is 0 Å². The molecule has 152 valence electrons. The van der Waals surface area contributed by atoms with Crippen molar-refractivity contribution in [2.75, 3.05) is 18.5 Å². The molecule has 1 amide bonds. The predicted molar refractivity (Wildman–Crippen MR) is 122 cm³/mol. The number of rotatable bonds is 6. The van der Waals surface area contributed by atoms with Crippen molar-refractivity contribution >= 4 is 34.5 Å². The van der Waals surface area contributed by atoms with Gasteiger partial charge in [-0.2, -0.15) is 0 Å². The summed E-state index contributed by atoms with van der Waals surface area (Å²) in [4.78, 5) is 13.7. The summed E-state index contributed by atoms with van der Waals surface area (Å²) < 4.78 is 11.4. The number of ether oxygens (including phenoxy) is 2. The van der Waals surface area contributed by atoms with E-state index in [1.54, 1.807) is 11.3 Å². The molecule has 0 fully saturated rings. The zero-order chi connectivity index (χ0) is 21.1. The first-order chi connectivity index (χ1) is 14.6. The number of anilines is 1. The lowest BCUT2D eigenvalue weighted by atomic mass is 9.89. The molecule has 0 radical (unpaired) electrons. The molecule has 3 aromatic rings. The highest BCUT2D eigenvalue weighted by molar-refractivity contribution is 7.11. The van der Waals surface area contributed by atoms with Gasteiger partial charge in [0.05, 0.1) is 12.3 Å². The van der Waals surface area contributed by atoms with E-state index in [-0.39, 0.29) is 18.4 Å². The minimum atomic E-state index is -0.0549. The largest absolute Gasteiger partial charge is 0.490 e. The minimum absolute atomic E-state index is 0.00766. The lowest BCUT2D eigenvalue weighted by molar-refractivity contribution is -0.116. The minimum Gasteiger partial charge on any atom is -0.490 e. The van der Waals surface area contributed by atoms with Gasteiger partial charge >= 0.3 is 0 Å². The lowest BCUT2D eigenvalue weighted by Crippen LogP contribution is -2.22. The zero-order valence-electron chi connectivity index (χ0n) is 16.4. The molecule has 1 aliphatic rings. The van der Waals surface area contributed by atoms with Crippen molar-refractivity contribution < 1.29 is 14.3 Å². The number of carbonyl (C=O) groups excluding carboxylic acids is 1. The molecule has 1 aromatic heterocycles. The summed E-state index contributed by atoms with van der Waals surface area (Å²) in [5.41, 5.74) is 3.90. The van der Waals surface area contributed by atoms with E-state index in [0.717, 1.165) is 27.3 Å². The Morgan fingerprint density at radius 2 is 2.00 bits per heavy atom. The normalized spacial score (nSPS) is 15.1. The van der Waals surface area contributed by atoms with Crippen LogP contribution < -0.4 is 14.8 Å². The van der Waals surface area contributed by atoms with Crippen LogP contribution in [0.1, 0.15) is 29.7 Å². The number of amides is 1. The number of terminal acetylenes is 1. The molecule has 0 saturated heterocycles. The molecule has 30 heavy (non-hydrogen) atoms. The van der Waals surface area contributed by atoms with Gasteiger partial charge in [0.25, 0.3) is 0 Å². The Kier molecular flexibility index (Phi) is 5.98. The fourth-order valence-electron chi connectivity index (χ4n) is 3.59. The Bertz CT molecular complexity index is 1110. The van der Waals surface area contributed by atoms with Gasteiger partial charge in [-0.1, -0.05) is 35.7 Å². The van der Waals surface area contributed by atoms with E-state index in [9.17, 15) is 4.79 Å². The van der Waals surface area contributed by atoms with E-state index in [1.807, 2.05) is 49.4 Å². The van der Waals surface area contributed by atoms with Crippen LogP contribution in [0.25, 0.3) is 11.1 Å². The molecular weight excluding hydrogens is 418 g/mol. The molecule has 2 aromatic carbocycles. The van der Waals surface area contributed by atoms with Crippen molar-refractivity contribution in [3.05, 3.63) is 63.3 Å². The van der Waals surface area contributed by atoms with Crippen LogP contribution in [0.4, 0.5) is 5.69 Å². The van der Waals surface area contributed by atoms with Crippen molar-refractivity contribution in [1.82, 2.24) is 0 Å². The van der Waals surface area contributed by atoms with Crippen LogP contribution in [0.2, 0.25) is 5.02 Å². The quantitative estimate of drug-likeness (QED) is 0.484. The number of hydrogen-bond acceptors (Lipinski definition) is 4. The van der Waals surface area contributed by atoms with E-state index in [1.165, 1.54) is 0 Å². The van der Waals surface area contributed by atoms with Crippen molar-refractivity contribution in [2.24, 2.45) is 0 Å². The summed E-state index contributed by atoms with van der Waals surface area (Å²) in [5.74, 6) is 3.64. The van der Waals surface area contributed by atoms with Crippen molar-refractivity contribution in [2.45, 2.75) is 19.3 Å². The number of carbonyl (C=O) groups is 1. The molecule has 0 bridgehead atoms. The highest BCUT2D eigenvalue weighted by atomic mass is 35.5. The van der Waals surface area contributed by atoms with Crippen LogP contribution in [-0.2, 0) is 4.79 Å². The lowest BCUT2D eigenvalue weighted by Gasteiger charge is -2.24. The van der Waals surface area contributed by atoms with E-state index in [2.05, 4.69) is 16.6 Å². The van der Waals surface area contributed by atoms with Crippen molar-refractivity contribution in [3.8, 4) is 35.0 Å². The second kappa shape index (κ2) is 8.83. The smallest absolute Gasteiger partial charge is 0.225 e. The first-order valence-electron chi connectivity index (χ1n) is 9.61. The van der Waals surface area contributed by atoms with E-state index >= 15 is 0 Å². The van der Waals surface area contributed by atoms with Gasteiger partial charge < -0.3 is 14.8 Å². The molecule has 0 unspecified atom stereocenters. The molecule has 0 spiro atoms. The van der Waals surface area contributed by atoms with Gasteiger partial charge in [-0.3, -0.25) is 4.79 Å². The Morgan fingerprint density at radius 1 is 1.20 bits per heavy atom. The maximum atomic E-state index is 12.6. The van der Waals surface area contributed by atoms with Gasteiger partial charge in [0.1, 0.15) is 6.61 Å². The predicted octanol–water partition coefficient (Wildman–Crippen LogP) is 5.95. The van der Waals surface area contributed by atoms with Gasteiger partial charge in [0.2, 0.25) is 5.91 Å². The van der Waals surface area contributed by atoms with Crippen LogP contribution in [0.5, 0.6) is 11.5 Å². The molecule has 1 aliphatic heterocycles. The van der Waals surface area contributed by atoms with Crippen LogP contribution in [0, 0.1) is 12.3 Å². The Labute approximate surface area is 184 Å². The highest BCUT2D eigenvalue weighted by Gasteiger charge is 2.31. The first-order valence-corrected chi connectivity index (χ1v) is 10.9. The van der Waals surface area contributed by atoms with Gasteiger partial charge in [0.15, 0.2) is 11.5 Å². The first kappa shape index (κ1) is 20.3. The SMILES string of the molecule is C#CCOc1ccc([C@@H]2CC(=O)Nc3c(-c4ccc(Cl)cc4)csc32)cc1OCC. The number of benzene rings is 2. The fraction of sp³-hybridized carbons (Fsp3) is 0.208. The standard InChI is InChI=1S/C24H20ClNO3S/c1-3-11-29-20-10-7-16(12-21(20)28-4-2)18-13-22(27)26-23-19(14-30-24(18)23)15-5-8-17(25)9-6-15/h1,5-10,12,14,18H,4,11,13H2,2H3,(H,26,27)/t18-/m0/s1. The van der Waals surface area contributed by atoms with Crippen molar-refractivity contribution in [1.29, 1.82) is 0 Å². The summed E-state index contributed by atoms with van der Waals surface area (Å²) in [6, 6.07) is 13.4. The average molecular weight is 438 g/mol. The fourth-order valence-corrected chi connectivity index (χ4v) is 4.87. The van der Waals surface area contributed by atoms with Gasteiger partial charge in [0, 0.05) is 33.2 Å². The van der Waals surface area contributed by atoms with E-state index in [4.69, 9.17) is 27.5 Å². The highest BCUT2D eigenvalue weighted by Crippen LogP contribution is 2.47. The second-order valence-electron chi connectivity index (χ2n) is 6.83. The molecule has 0 aliphatic carbocycles. The number of nitrogens with one attached hydrogen (secondary N) is 1. The molecule has 2 heterocycles. The van der Waals surface area contributed by atoms with Crippen LogP contribution in [0.3, 0.4) is 0 Å².